The highest BCUT2D eigenvalue weighted by molar-refractivity contribution is 5.90. The molecule has 4 atom stereocenters. The number of hydrogen-bond donors (Lipinski definition) is 0. The first kappa shape index (κ1) is 13.5. The van der Waals surface area contributed by atoms with Crippen molar-refractivity contribution in [2.24, 2.45) is 11.3 Å². The first-order chi connectivity index (χ1) is 10.2. The average molecular weight is 284 g/mol. The predicted octanol–water partition coefficient (Wildman–Crippen LogP) is 4.10. The number of ketones is 1. The number of hydrogen-bond acceptors (Lipinski definition) is 2. The quantitative estimate of drug-likeness (QED) is 0.835. The van der Waals surface area contributed by atoms with Gasteiger partial charge in [0.05, 0.1) is 18.1 Å². The molecule has 2 nitrogen and oxygen atoms in total. The van der Waals surface area contributed by atoms with Crippen LogP contribution in [0, 0.1) is 11.3 Å². The second-order valence-corrected chi connectivity index (χ2v) is 7.16. The van der Waals surface area contributed by atoms with Crippen molar-refractivity contribution in [2.75, 3.05) is 6.61 Å². The molecule has 1 aromatic rings. The van der Waals surface area contributed by atoms with Gasteiger partial charge in [-0.1, -0.05) is 43.7 Å². The molecule has 1 aliphatic heterocycles. The summed E-state index contributed by atoms with van der Waals surface area (Å²) in [5.74, 6) is 0.974. The minimum atomic E-state index is -0.0287. The first-order valence-corrected chi connectivity index (χ1v) is 8.45. The van der Waals surface area contributed by atoms with Crippen LogP contribution in [0.15, 0.2) is 30.3 Å². The number of rotatable bonds is 3. The molecular formula is C19H24O2. The van der Waals surface area contributed by atoms with Crippen LogP contribution in [0.5, 0.6) is 0 Å². The van der Waals surface area contributed by atoms with Gasteiger partial charge in [-0.15, -0.1) is 0 Å². The summed E-state index contributed by atoms with van der Waals surface area (Å²) in [6.45, 7) is 3.04. The topological polar surface area (TPSA) is 26.3 Å². The van der Waals surface area contributed by atoms with Crippen molar-refractivity contribution in [3.05, 3.63) is 35.9 Å². The summed E-state index contributed by atoms with van der Waals surface area (Å²) in [6, 6.07) is 10.5. The van der Waals surface area contributed by atoms with Crippen LogP contribution in [0.3, 0.4) is 0 Å². The monoisotopic (exact) mass is 284 g/mol. The van der Waals surface area contributed by atoms with Crippen molar-refractivity contribution < 1.29 is 9.53 Å². The summed E-state index contributed by atoms with van der Waals surface area (Å²) in [5.41, 5.74) is 1.28. The smallest absolute Gasteiger partial charge is 0.141 e. The maximum absolute atomic E-state index is 12.8. The zero-order chi connectivity index (χ0) is 14.5. The number of benzene rings is 1. The van der Waals surface area contributed by atoms with E-state index >= 15 is 0 Å². The van der Waals surface area contributed by atoms with E-state index in [1.165, 1.54) is 18.4 Å². The Morgan fingerprint density at radius 3 is 2.81 bits per heavy atom. The van der Waals surface area contributed by atoms with E-state index in [0.717, 1.165) is 32.3 Å². The second-order valence-electron chi connectivity index (χ2n) is 7.16. The van der Waals surface area contributed by atoms with Gasteiger partial charge in [0.25, 0.3) is 0 Å². The van der Waals surface area contributed by atoms with Crippen LogP contribution in [-0.4, -0.2) is 18.0 Å². The summed E-state index contributed by atoms with van der Waals surface area (Å²) in [7, 11) is 0. The van der Waals surface area contributed by atoms with Gasteiger partial charge in [-0.05, 0) is 37.2 Å². The fraction of sp³-hybridized carbons (Fsp3) is 0.632. The van der Waals surface area contributed by atoms with E-state index in [1.54, 1.807) is 0 Å². The zero-order valence-corrected chi connectivity index (χ0v) is 12.8. The van der Waals surface area contributed by atoms with Crippen molar-refractivity contribution in [1.82, 2.24) is 0 Å². The van der Waals surface area contributed by atoms with E-state index in [-0.39, 0.29) is 16.9 Å². The fourth-order valence-corrected chi connectivity index (χ4v) is 5.81. The van der Waals surface area contributed by atoms with E-state index in [4.69, 9.17) is 4.74 Å². The van der Waals surface area contributed by atoms with Gasteiger partial charge in [-0.3, -0.25) is 4.79 Å². The molecule has 0 N–H and O–H groups in total. The largest absolute Gasteiger partial charge is 0.374 e. The molecule has 0 amide bonds. The van der Waals surface area contributed by atoms with Crippen molar-refractivity contribution in [1.29, 1.82) is 0 Å². The van der Waals surface area contributed by atoms with Gasteiger partial charge >= 0.3 is 0 Å². The van der Waals surface area contributed by atoms with Gasteiger partial charge < -0.3 is 4.74 Å². The molecule has 2 heteroatoms. The highest BCUT2D eigenvalue weighted by atomic mass is 16.5. The Morgan fingerprint density at radius 1 is 1.24 bits per heavy atom. The number of ether oxygens (including phenoxy) is 1. The molecule has 0 bridgehead atoms. The molecule has 0 radical (unpaired) electrons. The third kappa shape index (κ3) is 1.60. The molecule has 3 fully saturated rings. The standard InChI is InChI=1S/C19H24O2/c1-2-9-18-10-6-11-19(18)15(13-21-18)12-16(20)17(19)14-7-4-3-5-8-14/h3-5,7-8,15,17H,2,6,9-13H2,1H3/t15-,17+,18+,19+/m1/s1. The van der Waals surface area contributed by atoms with Gasteiger partial charge in [-0.2, -0.15) is 0 Å². The summed E-state index contributed by atoms with van der Waals surface area (Å²) >= 11 is 0. The lowest BCUT2D eigenvalue weighted by Crippen LogP contribution is -2.45. The SMILES string of the molecule is CCC[C@]12CCC[C@@]13[C@@H](CO2)CC(=O)[C@@H]3c1ccccc1. The Bertz CT molecular complexity index is 548. The van der Waals surface area contributed by atoms with Gasteiger partial charge in [-0.25, -0.2) is 0 Å². The number of Topliss-reactive ketones (excluding diaryl/α,β-unsaturated/α-hetero) is 1. The van der Waals surface area contributed by atoms with E-state index in [9.17, 15) is 4.79 Å². The molecule has 1 aromatic carbocycles. The van der Waals surface area contributed by atoms with Crippen molar-refractivity contribution in [3.63, 3.8) is 0 Å². The lowest BCUT2D eigenvalue weighted by Gasteiger charge is -2.43. The zero-order valence-electron chi connectivity index (χ0n) is 12.8. The highest BCUT2D eigenvalue weighted by Crippen LogP contribution is 2.69. The molecule has 1 heterocycles. The van der Waals surface area contributed by atoms with Crippen molar-refractivity contribution in [2.45, 2.75) is 57.0 Å². The van der Waals surface area contributed by atoms with Crippen molar-refractivity contribution in [3.8, 4) is 0 Å². The Kier molecular flexibility index (Phi) is 3.01. The maximum Gasteiger partial charge on any atom is 0.141 e. The second kappa shape index (κ2) is 4.67. The number of carbonyl (C=O) groups is 1. The van der Waals surface area contributed by atoms with Crippen LogP contribution in [0.2, 0.25) is 0 Å². The molecule has 1 saturated heterocycles. The Morgan fingerprint density at radius 2 is 2.05 bits per heavy atom. The molecule has 4 rings (SSSR count). The molecule has 1 spiro atoms. The van der Waals surface area contributed by atoms with Crippen LogP contribution in [0.4, 0.5) is 0 Å². The van der Waals surface area contributed by atoms with Gasteiger partial charge in [0.2, 0.25) is 0 Å². The normalized spacial score (nSPS) is 41.3. The third-order valence-corrected chi connectivity index (χ3v) is 6.38. The Labute approximate surface area is 126 Å². The van der Waals surface area contributed by atoms with E-state index in [0.29, 0.717) is 11.7 Å². The van der Waals surface area contributed by atoms with Gasteiger partial charge in [0, 0.05) is 11.8 Å². The Hall–Kier alpha value is -1.15. The van der Waals surface area contributed by atoms with E-state index in [2.05, 4.69) is 31.2 Å². The average Bonchev–Trinajstić information content (AvgIpc) is 3.06. The molecule has 3 aliphatic rings. The van der Waals surface area contributed by atoms with Gasteiger partial charge in [0.15, 0.2) is 0 Å². The maximum atomic E-state index is 12.8. The third-order valence-electron chi connectivity index (χ3n) is 6.38. The lowest BCUT2D eigenvalue weighted by molar-refractivity contribution is -0.124. The minimum Gasteiger partial charge on any atom is -0.374 e. The first-order valence-electron chi connectivity index (χ1n) is 8.45. The molecule has 0 aromatic heterocycles. The van der Waals surface area contributed by atoms with Crippen molar-refractivity contribution >= 4 is 5.78 Å². The number of carbonyl (C=O) groups excluding carboxylic acids is 1. The molecule has 0 unspecified atom stereocenters. The van der Waals surface area contributed by atoms with Gasteiger partial charge in [0.1, 0.15) is 5.78 Å². The summed E-state index contributed by atoms with van der Waals surface area (Å²) in [4.78, 5) is 12.8. The van der Waals surface area contributed by atoms with Crippen LogP contribution < -0.4 is 0 Å². The summed E-state index contributed by atoms with van der Waals surface area (Å²) in [5, 5.41) is 0. The summed E-state index contributed by atoms with van der Waals surface area (Å²) in [6.07, 6.45) is 6.51. The molecule has 21 heavy (non-hydrogen) atoms. The molecular weight excluding hydrogens is 260 g/mol. The lowest BCUT2D eigenvalue weighted by atomic mass is 9.61. The van der Waals surface area contributed by atoms with Crippen LogP contribution in [0.25, 0.3) is 0 Å². The highest BCUT2D eigenvalue weighted by Gasteiger charge is 2.71. The van der Waals surface area contributed by atoms with E-state index in [1.807, 2.05) is 6.07 Å². The van der Waals surface area contributed by atoms with Crippen LogP contribution >= 0.6 is 0 Å². The predicted molar refractivity (Wildman–Crippen MR) is 82.2 cm³/mol. The fourth-order valence-electron chi connectivity index (χ4n) is 5.81. The minimum absolute atomic E-state index is 0.0287. The Balaban J connectivity index is 1.85. The molecule has 2 saturated carbocycles. The van der Waals surface area contributed by atoms with Crippen LogP contribution in [0.1, 0.15) is 56.9 Å². The molecule has 2 aliphatic carbocycles. The summed E-state index contributed by atoms with van der Waals surface area (Å²) < 4.78 is 6.41. The van der Waals surface area contributed by atoms with Crippen LogP contribution in [-0.2, 0) is 9.53 Å². The van der Waals surface area contributed by atoms with E-state index < -0.39 is 0 Å². The molecule has 112 valence electrons.